The van der Waals surface area contributed by atoms with E-state index in [4.69, 9.17) is 21.6 Å². The van der Waals surface area contributed by atoms with E-state index in [9.17, 15) is 0 Å². The van der Waals surface area contributed by atoms with Crippen molar-refractivity contribution in [1.82, 2.24) is 9.97 Å². The zero-order valence-electron chi connectivity index (χ0n) is 18.7. The van der Waals surface area contributed by atoms with E-state index in [2.05, 4.69) is 43.0 Å². The van der Waals surface area contributed by atoms with E-state index in [-0.39, 0.29) is 0 Å². The molecule has 4 heteroatoms. The van der Waals surface area contributed by atoms with E-state index >= 15 is 0 Å². The van der Waals surface area contributed by atoms with Gasteiger partial charge in [0.1, 0.15) is 0 Å². The van der Waals surface area contributed by atoms with Gasteiger partial charge in [-0.1, -0.05) is 86.2 Å². The maximum Gasteiger partial charge on any atom is 0.151 e. The molecule has 0 radical (unpaired) electrons. The number of unbranched alkanes of at least 4 members (excludes halogenated alkanes) is 4. The first-order valence-electron chi connectivity index (χ1n) is 11.6. The van der Waals surface area contributed by atoms with Gasteiger partial charge >= 0.3 is 0 Å². The molecule has 4 rings (SSSR count). The highest BCUT2D eigenvalue weighted by Gasteiger charge is 2.23. The summed E-state index contributed by atoms with van der Waals surface area (Å²) in [7, 11) is 0. The summed E-state index contributed by atoms with van der Waals surface area (Å²) in [4.78, 5) is 12.9. The second-order valence-electron chi connectivity index (χ2n) is 8.57. The molecule has 0 aliphatic carbocycles. The molecule has 162 valence electrons. The first kappa shape index (κ1) is 21.8. The van der Waals surface area contributed by atoms with E-state index in [1.807, 2.05) is 24.3 Å². The lowest BCUT2D eigenvalue weighted by atomic mass is 10.0. The Morgan fingerprint density at radius 2 is 1.48 bits per heavy atom. The molecule has 0 N–H and O–H groups in total. The zero-order valence-corrected chi connectivity index (χ0v) is 19.5. The van der Waals surface area contributed by atoms with Crippen molar-refractivity contribution in [2.45, 2.75) is 58.8 Å². The zero-order chi connectivity index (χ0) is 21.6. The van der Waals surface area contributed by atoms with Crippen LogP contribution in [0.1, 0.15) is 56.7 Å². The number of hydrogen-bond acceptors (Lipinski definition) is 3. The molecule has 0 saturated carbocycles. The SMILES string of the molecule is CCCCCCCN1CCCc2nc(-c3ccc(C)cc3)c(-c3ccc(Cl)cc3)nc21. The van der Waals surface area contributed by atoms with Crippen molar-refractivity contribution in [3.05, 3.63) is 64.8 Å². The van der Waals surface area contributed by atoms with Crippen molar-refractivity contribution >= 4 is 17.4 Å². The molecule has 0 atom stereocenters. The second kappa shape index (κ2) is 10.3. The van der Waals surface area contributed by atoms with E-state index in [1.165, 1.54) is 37.7 Å². The van der Waals surface area contributed by atoms with Crippen LogP contribution in [0.25, 0.3) is 22.5 Å². The summed E-state index contributed by atoms with van der Waals surface area (Å²) in [5.41, 5.74) is 6.46. The topological polar surface area (TPSA) is 29.0 Å². The lowest BCUT2D eigenvalue weighted by Gasteiger charge is -2.30. The number of anilines is 1. The molecule has 2 heterocycles. The van der Waals surface area contributed by atoms with E-state index < -0.39 is 0 Å². The van der Waals surface area contributed by atoms with E-state index in [0.717, 1.165) is 65.0 Å². The molecule has 0 saturated heterocycles. The molecule has 0 fully saturated rings. The first-order chi connectivity index (χ1) is 15.2. The number of aromatic nitrogens is 2. The lowest BCUT2D eigenvalue weighted by molar-refractivity contribution is 0.594. The van der Waals surface area contributed by atoms with E-state index in [1.54, 1.807) is 0 Å². The third-order valence-electron chi connectivity index (χ3n) is 6.06. The monoisotopic (exact) mass is 433 g/mol. The highest BCUT2D eigenvalue weighted by molar-refractivity contribution is 6.30. The summed E-state index contributed by atoms with van der Waals surface area (Å²) in [6.07, 6.45) is 8.58. The standard InChI is InChI=1S/C27H32ClN3/c1-3-4-5-6-7-18-31-19-8-9-24-27(31)30-26(22-14-16-23(28)17-15-22)25(29-24)21-12-10-20(2)11-13-21/h10-17H,3-9,18-19H2,1-2H3. The smallest absolute Gasteiger partial charge is 0.151 e. The Hall–Kier alpha value is -2.39. The van der Waals surface area contributed by atoms with Crippen molar-refractivity contribution in [1.29, 1.82) is 0 Å². The Labute approximate surface area is 191 Å². The molecular formula is C27H32ClN3. The summed E-state index contributed by atoms with van der Waals surface area (Å²) in [5, 5.41) is 0.736. The summed E-state index contributed by atoms with van der Waals surface area (Å²) in [6.45, 7) is 6.51. The van der Waals surface area contributed by atoms with Gasteiger partial charge in [0, 0.05) is 29.2 Å². The predicted octanol–water partition coefficient (Wildman–Crippen LogP) is 7.50. The fourth-order valence-corrected chi connectivity index (χ4v) is 4.40. The normalized spacial score (nSPS) is 13.3. The van der Waals surface area contributed by atoms with Crippen LogP contribution >= 0.6 is 11.6 Å². The molecule has 0 bridgehead atoms. The van der Waals surface area contributed by atoms with Gasteiger partial charge in [-0.3, -0.25) is 0 Å². The van der Waals surface area contributed by atoms with Crippen LogP contribution in [0.2, 0.25) is 5.02 Å². The third-order valence-corrected chi connectivity index (χ3v) is 6.31. The molecule has 3 nitrogen and oxygen atoms in total. The molecule has 0 spiro atoms. The van der Waals surface area contributed by atoms with Gasteiger partial charge in [0.2, 0.25) is 0 Å². The van der Waals surface area contributed by atoms with Crippen molar-refractivity contribution in [2.24, 2.45) is 0 Å². The molecule has 31 heavy (non-hydrogen) atoms. The van der Waals surface area contributed by atoms with Gasteiger partial charge in [0.15, 0.2) is 5.82 Å². The number of aryl methyl sites for hydroxylation is 2. The molecular weight excluding hydrogens is 402 g/mol. The molecule has 1 aliphatic heterocycles. The summed E-state index contributed by atoms with van der Waals surface area (Å²) < 4.78 is 0. The number of benzene rings is 2. The Morgan fingerprint density at radius 1 is 0.839 bits per heavy atom. The lowest BCUT2D eigenvalue weighted by Crippen LogP contribution is -2.32. The number of halogens is 1. The van der Waals surface area contributed by atoms with Crippen molar-refractivity contribution < 1.29 is 0 Å². The van der Waals surface area contributed by atoms with Crippen molar-refractivity contribution in [2.75, 3.05) is 18.0 Å². The van der Waals surface area contributed by atoms with Crippen LogP contribution in [0.5, 0.6) is 0 Å². The average Bonchev–Trinajstić information content (AvgIpc) is 2.79. The highest BCUT2D eigenvalue weighted by Crippen LogP contribution is 2.35. The number of hydrogen-bond donors (Lipinski definition) is 0. The van der Waals surface area contributed by atoms with Crippen LogP contribution in [0.3, 0.4) is 0 Å². The highest BCUT2D eigenvalue weighted by atomic mass is 35.5. The van der Waals surface area contributed by atoms with Crippen molar-refractivity contribution in [3.63, 3.8) is 0 Å². The number of fused-ring (bicyclic) bond motifs is 1. The van der Waals surface area contributed by atoms with Crippen LogP contribution < -0.4 is 4.90 Å². The van der Waals surface area contributed by atoms with Crippen LogP contribution in [0.4, 0.5) is 5.82 Å². The van der Waals surface area contributed by atoms with Gasteiger partial charge in [-0.15, -0.1) is 0 Å². The fourth-order valence-electron chi connectivity index (χ4n) is 4.27. The van der Waals surface area contributed by atoms with Crippen LogP contribution in [0.15, 0.2) is 48.5 Å². The molecule has 3 aromatic rings. The van der Waals surface area contributed by atoms with Crippen LogP contribution in [0, 0.1) is 6.92 Å². The Bertz CT molecular complexity index is 996. The maximum atomic E-state index is 6.16. The minimum Gasteiger partial charge on any atom is -0.355 e. The van der Waals surface area contributed by atoms with Crippen LogP contribution in [-0.2, 0) is 6.42 Å². The van der Waals surface area contributed by atoms with Gasteiger partial charge in [-0.05, 0) is 38.3 Å². The van der Waals surface area contributed by atoms with Gasteiger partial charge in [0.05, 0.1) is 17.1 Å². The van der Waals surface area contributed by atoms with Gasteiger partial charge in [-0.25, -0.2) is 9.97 Å². The minimum absolute atomic E-state index is 0.736. The van der Waals surface area contributed by atoms with Crippen molar-refractivity contribution in [3.8, 4) is 22.5 Å². The predicted molar refractivity (Wildman–Crippen MR) is 132 cm³/mol. The fraction of sp³-hybridized carbons (Fsp3) is 0.407. The third kappa shape index (κ3) is 5.27. The number of rotatable bonds is 8. The summed E-state index contributed by atoms with van der Waals surface area (Å²) in [5.74, 6) is 1.07. The Balaban J connectivity index is 1.71. The summed E-state index contributed by atoms with van der Waals surface area (Å²) >= 11 is 6.16. The molecule has 2 aromatic carbocycles. The summed E-state index contributed by atoms with van der Waals surface area (Å²) in [6, 6.07) is 16.6. The molecule has 1 aliphatic rings. The Kier molecular flexibility index (Phi) is 7.24. The van der Waals surface area contributed by atoms with Crippen LogP contribution in [-0.4, -0.2) is 23.1 Å². The molecule has 0 unspecified atom stereocenters. The second-order valence-corrected chi connectivity index (χ2v) is 9.01. The maximum absolute atomic E-state index is 6.16. The number of nitrogens with zero attached hydrogens (tertiary/aromatic N) is 3. The molecule has 1 aromatic heterocycles. The quantitative estimate of drug-likeness (QED) is 0.344. The van der Waals surface area contributed by atoms with Gasteiger partial charge in [-0.2, -0.15) is 0 Å². The minimum atomic E-state index is 0.736. The molecule has 0 amide bonds. The largest absolute Gasteiger partial charge is 0.355 e. The van der Waals surface area contributed by atoms with Gasteiger partial charge in [0.25, 0.3) is 0 Å². The van der Waals surface area contributed by atoms with Gasteiger partial charge < -0.3 is 4.90 Å². The first-order valence-corrected chi connectivity index (χ1v) is 12.0. The average molecular weight is 434 g/mol. The Morgan fingerprint density at radius 3 is 2.19 bits per heavy atom. The van der Waals surface area contributed by atoms with E-state index in [0.29, 0.717) is 0 Å².